The summed E-state index contributed by atoms with van der Waals surface area (Å²) in [5, 5.41) is 0. The molecule has 0 amide bonds. The lowest BCUT2D eigenvalue weighted by Crippen LogP contribution is -2.30. The molecule has 4 nitrogen and oxygen atoms in total. The highest BCUT2D eigenvalue weighted by atomic mass is 16.5. The van der Waals surface area contributed by atoms with Crippen LogP contribution in [0.3, 0.4) is 0 Å². The molecule has 0 spiro atoms. The summed E-state index contributed by atoms with van der Waals surface area (Å²) in [5.41, 5.74) is 11.3. The Morgan fingerprint density at radius 3 is 2.23 bits per heavy atom. The van der Waals surface area contributed by atoms with Gasteiger partial charge in [0, 0.05) is 49.1 Å². The topological polar surface area (TPSA) is 28.6 Å². The molecule has 1 aromatic heterocycles. The molecule has 0 bridgehead atoms. The van der Waals surface area contributed by atoms with E-state index in [1.807, 2.05) is 0 Å². The van der Waals surface area contributed by atoms with E-state index >= 15 is 0 Å². The van der Waals surface area contributed by atoms with Crippen LogP contribution in [0.5, 0.6) is 11.5 Å². The number of nitrogens with zero attached hydrogens (tertiary/aromatic N) is 3. The number of benzene rings is 3. The molecule has 2 heterocycles. The van der Waals surface area contributed by atoms with Gasteiger partial charge in [0.2, 0.25) is 0 Å². The molecule has 202 valence electrons. The SMILES string of the molecule is CCc1cccc(CC)c1-c1cc(Oc2ccc(CN(C)C)cc2)c(CN2CCc3ccccc3C2)c(C)n1. The Kier molecular flexibility index (Phi) is 8.44. The Labute approximate surface area is 234 Å². The van der Waals surface area contributed by atoms with E-state index in [-0.39, 0.29) is 0 Å². The van der Waals surface area contributed by atoms with Crippen molar-refractivity contribution in [3.05, 3.63) is 112 Å². The van der Waals surface area contributed by atoms with Crippen LogP contribution in [-0.2, 0) is 38.9 Å². The van der Waals surface area contributed by atoms with Gasteiger partial charge in [0.1, 0.15) is 11.5 Å². The minimum absolute atomic E-state index is 0.817. The zero-order valence-electron chi connectivity index (χ0n) is 24.1. The smallest absolute Gasteiger partial charge is 0.135 e. The van der Waals surface area contributed by atoms with Crippen LogP contribution < -0.4 is 4.74 Å². The number of aromatic nitrogens is 1. The number of hydrogen-bond donors (Lipinski definition) is 0. The maximum atomic E-state index is 6.69. The van der Waals surface area contributed by atoms with Gasteiger partial charge >= 0.3 is 0 Å². The summed E-state index contributed by atoms with van der Waals surface area (Å²) in [7, 11) is 4.19. The van der Waals surface area contributed by atoms with E-state index in [1.54, 1.807) is 0 Å². The highest BCUT2D eigenvalue weighted by Gasteiger charge is 2.22. The summed E-state index contributed by atoms with van der Waals surface area (Å²) in [6.45, 7) is 10.3. The number of pyridine rings is 1. The van der Waals surface area contributed by atoms with Gasteiger partial charge < -0.3 is 9.64 Å². The second-order valence-corrected chi connectivity index (χ2v) is 10.9. The lowest BCUT2D eigenvalue weighted by molar-refractivity contribution is 0.242. The molecule has 1 aliphatic heterocycles. The monoisotopic (exact) mass is 519 g/mol. The minimum Gasteiger partial charge on any atom is -0.457 e. The van der Waals surface area contributed by atoms with Crippen molar-refractivity contribution < 1.29 is 4.74 Å². The van der Waals surface area contributed by atoms with Gasteiger partial charge in [-0.15, -0.1) is 0 Å². The lowest BCUT2D eigenvalue weighted by atomic mass is 9.94. The largest absolute Gasteiger partial charge is 0.457 e. The van der Waals surface area contributed by atoms with Gasteiger partial charge in [0.05, 0.1) is 5.69 Å². The van der Waals surface area contributed by atoms with E-state index < -0.39 is 0 Å². The molecule has 5 rings (SSSR count). The summed E-state index contributed by atoms with van der Waals surface area (Å²) in [5.74, 6) is 1.77. The maximum Gasteiger partial charge on any atom is 0.135 e. The quantitative estimate of drug-likeness (QED) is 0.228. The highest BCUT2D eigenvalue weighted by molar-refractivity contribution is 5.70. The van der Waals surface area contributed by atoms with Crippen LogP contribution in [0, 0.1) is 6.92 Å². The molecule has 0 atom stereocenters. The van der Waals surface area contributed by atoms with Crippen molar-refractivity contribution in [1.82, 2.24) is 14.8 Å². The van der Waals surface area contributed by atoms with E-state index in [1.165, 1.54) is 38.9 Å². The molecule has 39 heavy (non-hydrogen) atoms. The van der Waals surface area contributed by atoms with Crippen LogP contribution in [-0.4, -0.2) is 35.4 Å². The second-order valence-electron chi connectivity index (χ2n) is 10.9. The molecule has 0 saturated carbocycles. The average Bonchev–Trinajstić information content (AvgIpc) is 2.94. The van der Waals surface area contributed by atoms with E-state index in [0.29, 0.717) is 0 Å². The maximum absolute atomic E-state index is 6.69. The van der Waals surface area contributed by atoms with Crippen LogP contribution >= 0.6 is 0 Å². The normalized spacial score (nSPS) is 13.5. The van der Waals surface area contributed by atoms with Gasteiger partial charge in [-0.1, -0.05) is 68.4 Å². The molecule has 4 heteroatoms. The van der Waals surface area contributed by atoms with E-state index in [0.717, 1.165) is 68.3 Å². The van der Waals surface area contributed by atoms with Gasteiger partial charge in [-0.2, -0.15) is 0 Å². The first-order valence-corrected chi connectivity index (χ1v) is 14.3. The van der Waals surface area contributed by atoms with Crippen molar-refractivity contribution in [3.63, 3.8) is 0 Å². The van der Waals surface area contributed by atoms with Crippen molar-refractivity contribution >= 4 is 0 Å². The van der Waals surface area contributed by atoms with Crippen molar-refractivity contribution in [2.45, 2.75) is 59.7 Å². The van der Waals surface area contributed by atoms with Crippen LogP contribution in [0.1, 0.15) is 52.9 Å². The van der Waals surface area contributed by atoms with E-state index in [9.17, 15) is 0 Å². The zero-order valence-corrected chi connectivity index (χ0v) is 24.1. The van der Waals surface area contributed by atoms with Gasteiger partial charge in [-0.05, 0) is 80.2 Å². The molecule has 0 aliphatic carbocycles. The number of ether oxygens (including phenoxy) is 1. The molecule has 0 saturated heterocycles. The molecule has 0 radical (unpaired) electrons. The average molecular weight is 520 g/mol. The van der Waals surface area contributed by atoms with Crippen LogP contribution in [0.25, 0.3) is 11.3 Å². The number of rotatable bonds is 9. The lowest BCUT2D eigenvalue weighted by Gasteiger charge is -2.30. The van der Waals surface area contributed by atoms with E-state index in [2.05, 4.69) is 117 Å². The first-order valence-electron chi connectivity index (χ1n) is 14.3. The summed E-state index contributed by atoms with van der Waals surface area (Å²) in [6, 6.07) is 26.1. The fourth-order valence-electron chi connectivity index (χ4n) is 5.72. The van der Waals surface area contributed by atoms with Crippen LogP contribution in [0.2, 0.25) is 0 Å². The Bertz CT molecular complexity index is 1400. The number of fused-ring (bicyclic) bond motifs is 1. The number of hydrogen-bond acceptors (Lipinski definition) is 4. The van der Waals surface area contributed by atoms with Gasteiger partial charge in [0.25, 0.3) is 0 Å². The molecule has 0 fully saturated rings. The van der Waals surface area contributed by atoms with Crippen LogP contribution in [0.4, 0.5) is 0 Å². The third-order valence-electron chi connectivity index (χ3n) is 7.79. The van der Waals surface area contributed by atoms with Gasteiger partial charge in [-0.25, -0.2) is 0 Å². The van der Waals surface area contributed by atoms with Crippen molar-refractivity contribution in [1.29, 1.82) is 0 Å². The third-order valence-corrected chi connectivity index (χ3v) is 7.79. The third kappa shape index (κ3) is 6.24. The van der Waals surface area contributed by atoms with Crippen molar-refractivity contribution in [3.8, 4) is 22.8 Å². The Balaban J connectivity index is 1.53. The molecule has 3 aromatic carbocycles. The molecule has 1 aliphatic rings. The fraction of sp³-hybridized carbons (Fsp3) is 0.343. The molecular formula is C35H41N3O. The van der Waals surface area contributed by atoms with Crippen LogP contribution in [0.15, 0.2) is 72.8 Å². The Hall–Kier alpha value is -3.47. The molecule has 0 N–H and O–H groups in total. The predicted octanol–water partition coefficient (Wildman–Crippen LogP) is 7.59. The molecule has 4 aromatic rings. The summed E-state index contributed by atoms with van der Waals surface area (Å²) >= 11 is 0. The standard InChI is InChI=1S/C35H41N3O/c1-6-27-13-10-14-28(7-2)35(27)33-21-34(39-31-17-15-26(16-18-31)22-37(4)5)32(25(3)36-33)24-38-20-19-29-11-8-9-12-30(29)23-38/h8-18,21H,6-7,19-20,22-24H2,1-5H3. The Morgan fingerprint density at radius 1 is 0.872 bits per heavy atom. The highest BCUT2D eigenvalue weighted by Crippen LogP contribution is 2.36. The fourth-order valence-corrected chi connectivity index (χ4v) is 5.72. The number of aryl methyl sites for hydroxylation is 3. The first-order chi connectivity index (χ1) is 18.9. The van der Waals surface area contributed by atoms with Gasteiger partial charge in [0.15, 0.2) is 0 Å². The zero-order chi connectivity index (χ0) is 27.4. The summed E-state index contributed by atoms with van der Waals surface area (Å²) in [6.07, 6.45) is 3.03. The molecule has 0 unspecified atom stereocenters. The van der Waals surface area contributed by atoms with Crippen molar-refractivity contribution in [2.75, 3.05) is 20.6 Å². The Morgan fingerprint density at radius 2 is 1.56 bits per heavy atom. The van der Waals surface area contributed by atoms with Crippen molar-refractivity contribution in [2.24, 2.45) is 0 Å². The second kappa shape index (κ2) is 12.1. The summed E-state index contributed by atoms with van der Waals surface area (Å²) in [4.78, 5) is 9.91. The molecular weight excluding hydrogens is 478 g/mol. The predicted molar refractivity (Wildman–Crippen MR) is 161 cm³/mol. The minimum atomic E-state index is 0.817. The first kappa shape index (κ1) is 27.1. The summed E-state index contributed by atoms with van der Waals surface area (Å²) < 4.78 is 6.69. The van der Waals surface area contributed by atoms with Gasteiger partial charge in [-0.3, -0.25) is 9.88 Å². The van der Waals surface area contributed by atoms with E-state index in [4.69, 9.17) is 9.72 Å².